The molecule has 11 rings (SSSR count). The SMILES string of the molecule is c1ccc(-c2cccc(N(c3ccc4sc5ccccc5c4c3)c3cccc4c3ccc3ccc5ccc6nc(-c7ccccc7)oc6c5c34)c2)cc1. The lowest BCUT2D eigenvalue weighted by molar-refractivity contribution is 0.623. The summed E-state index contributed by atoms with van der Waals surface area (Å²) in [5.74, 6) is 0.631. The third-order valence-electron chi connectivity index (χ3n) is 10.4. The number of fused-ring (bicyclic) bond motifs is 10. The maximum atomic E-state index is 6.64. The fourth-order valence-corrected chi connectivity index (χ4v) is 9.08. The fourth-order valence-electron chi connectivity index (χ4n) is 7.99. The standard InChI is InChI=1S/C49H30N2OS/c1-3-11-31(12-4-1)35-15-9-16-36(29-35)51(37-25-28-45-41(30-37)39-17-7-8-20-44(39)53-45)43-19-10-18-40-38(43)26-23-32-21-22-33-24-27-42-48(47(33)46(32)40)52-49(50-42)34-13-5-2-6-14-34/h1-30H. The predicted molar refractivity (Wildman–Crippen MR) is 225 cm³/mol. The third-order valence-corrected chi connectivity index (χ3v) is 11.6. The van der Waals surface area contributed by atoms with Crippen molar-refractivity contribution < 1.29 is 4.42 Å². The molecule has 0 saturated carbocycles. The Hall–Kier alpha value is -6.75. The zero-order valence-corrected chi connectivity index (χ0v) is 29.3. The first kappa shape index (κ1) is 29.9. The van der Waals surface area contributed by atoms with Crippen LogP contribution in [0.2, 0.25) is 0 Å². The highest BCUT2D eigenvalue weighted by Gasteiger charge is 2.20. The van der Waals surface area contributed by atoms with Crippen molar-refractivity contribution in [1.29, 1.82) is 0 Å². The maximum absolute atomic E-state index is 6.64. The zero-order valence-electron chi connectivity index (χ0n) is 28.5. The Bertz CT molecular complexity index is 3180. The number of hydrogen-bond acceptors (Lipinski definition) is 4. The Balaban J connectivity index is 1.19. The lowest BCUT2D eigenvalue weighted by atomic mass is 9.94. The van der Waals surface area contributed by atoms with Gasteiger partial charge in [0.2, 0.25) is 5.89 Å². The van der Waals surface area contributed by atoms with Crippen LogP contribution < -0.4 is 4.90 Å². The average molecular weight is 695 g/mol. The molecule has 53 heavy (non-hydrogen) atoms. The number of thiophene rings is 1. The number of benzene rings is 9. The van der Waals surface area contributed by atoms with Crippen molar-refractivity contribution in [2.75, 3.05) is 4.90 Å². The van der Waals surface area contributed by atoms with E-state index in [2.05, 4.69) is 157 Å². The van der Waals surface area contributed by atoms with Gasteiger partial charge >= 0.3 is 0 Å². The third kappa shape index (κ3) is 4.84. The highest BCUT2D eigenvalue weighted by atomic mass is 32.1. The van der Waals surface area contributed by atoms with Crippen LogP contribution in [0.1, 0.15) is 0 Å². The van der Waals surface area contributed by atoms with Crippen LogP contribution in [0.5, 0.6) is 0 Å². The second-order valence-electron chi connectivity index (χ2n) is 13.5. The average Bonchev–Trinajstić information content (AvgIpc) is 3.84. The summed E-state index contributed by atoms with van der Waals surface area (Å²) in [6.45, 7) is 0. The summed E-state index contributed by atoms with van der Waals surface area (Å²) in [5, 5.41) is 9.42. The summed E-state index contributed by atoms with van der Waals surface area (Å²) in [4.78, 5) is 7.37. The minimum absolute atomic E-state index is 0.631. The van der Waals surface area contributed by atoms with Crippen LogP contribution in [0.4, 0.5) is 17.1 Å². The van der Waals surface area contributed by atoms with Crippen molar-refractivity contribution in [3.63, 3.8) is 0 Å². The van der Waals surface area contributed by atoms with Gasteiger partial charge in [0.15, 0.2) is 5.58 Å². The molecule has 0 aliphatic heterocycles. The molecule has 4 heteroatoms. The van der Waals surface area contributed by atoms with Crippen LogP contribution in [-0.2, 0) is 0 Å². The quantitative estimate of drug-likeness (QED) is 0.168. The van der Waals surface area contributed by atoms with E-state index in [1.54, 1.807) is 0 Å². The summed E-state index contributed by atoms with van der Waals surface area (Å²) in [6, 6.07) is 65.2. The molecule has 11 aromatic rings. The molecular formula is C49H30N2OS. The van der Waals surface area contributed by atoms with Crippen LogP contribution in [0.25, 0.3) is 86.2 Å². The van der Waals surface area contributed by atoms with Crippen LogP contribution in [0.15, 0.2) is 186 Å². The molecule has 0 radical (unpaired) electrons. The molecule has 3 nitrogen and oxygen atoms in total. The van der Waals surface area contributed by atoms with Gasteiger partial charge in [-0.3, -0.25) is 0 Å². The van der Waals surface area contributed by atoms with E-state index in [0.717, 1.165) is 55.3 Å². The normalized spacial score (nSPS) is 11.8. The van der Waals surface area contributed by atoms with Crippen molar-refractivity contribution in [3.05, 3.63) is 182 Å². The van der Waals surface area contributed by atoms with E-state index in [1.165, 1.54) is 42.1 Å². The van der Waals surface area contributed by atoms with E-state index < -0.39 is 0 Å². The molecule has 2 heterocycles. The highest BCUT2D eigenvalue weighted by Crippen LogP contribution is 2.46. The van der Waals surface area contributed by atoms with Gasteiger partial charge < -0.3 is 9.32 Å². The molecule has 0 bridgehead atoms. The van der Waals surface area contributed by atoms with Crippen molar-refractivity contribution in [2.45, 2.75) is 0 Å². The Morgan fingerprint density at radius 1 is 0.434 bits per heavy atom. The van der Waals surface area contributed by atoms with E-state index in [9.17, 15) is 0 Å². The number of rotatable bonds is 5. The van der Waals surface area contributed by atoms with Gasteiger partial charge in [0.05, 0.1) is 5.69 Å². The highest BCUT2D eigenvalue weighted by molar-refractivity contribution is 7.25. The number of anilines is 3. The van der Waals surface area contributed by atoms with E-state index in [4.69, 9.17) is 9.40 Å². The molecule has 0 atom stereocenters. The van der Waals surface area contributed by atoms with Gasteiger partial charge in [-0.15, -0.1) is 11.3 Å². The summed E-state index contributed by atoms with van der Waals surface area (Å²) >= 11 is 1.85. The Kier molecular flexibility index (Phi) is 6.73. The van der Waals surface area contributed by atoms with Crippen molar-refractivity contribution in [3.8, 4) is 22.6 Å². The van der Waals surface area contributed by atoms with Crippen molar-refractivity contribution in [1.82, 2.24) is 4.98 Å². The molecule has 248 valence electrons. The maximum Gasteiger partial charge on any atom is 0.227 e. The minimum Gasteiger partial charge on any atom is -0.435 e. The van der Waals surface area contributed by atoms with Gasteiger partial charge in [0.25, 0.3) is 0 Å². The van der Waals surface area contributed by atoms with Gasteiger partial charge in [0, 0.05) is 53.3 Å². The summed E-state index contributed by atoms with van der Waals surface area (Å²) in [5.41, 5.74) is 8.32. The summed E-state index contributed by atoms with van der Waals surface area (Å²) < 4.78 is 9.23. The van der Waals surface area contributed by atoms with Crippen LogP contribution in [0, 0.1) is 0 Å². The molecule has 0 spiro atoms. The molecule has 2 aromatic heterocycles. The second-order valence-corrected chi connectivity index (χ2v) is 14.6. The number of oxazole rings is 1. The number of hydrogen-bond donors (Lipinski definition) is 0. The lowest BCUT2D eigenvalue weighted by Gasteiger charge is -2.28. The monoisotopic (exact) mass is 694 g/mol. The second kappa shape index (κ2) is 11.9. The fraction of sp³-hybridized carbons (Fsp3) is 0. The van der Waals surface area contributed by atoms with Gasteiger partial charge in [-0.05, 0) is 87.9 Å². The van der Waals surface area contributed by atoms with Gasteiger partial charge in [-0.25, -0.2) is 4.98 Å². The Labute approximate surface area is 309 Å². The molecule has 0 aliphatic rings. The molecule has 0 fully saturated rings. The van der Waals surface area contributed by atoms with E-state index >= 15 is 0 Å². The van der Waals surface area contributed by atoms with Gasteiger partial charge in [-0.1, -0.05) is 121 Å². The number of aromatic nitrogens is 1. The molecule has 9 aromatic carbocycles. The Morgan fingerprint density at radius 3 is 1.96 bits per heavy atom. The van der Waals surface area contributed by atoms with Crippen LogP contribution in [0.3, 0.4) is 0 Å². The number of nitrogens with zero attached hydrogens (tertiary/aromatic N) is 2. The van der Waals surface area contributed by atoms with Crippen molar-refractivity contribution >= 4 is 92.0 Å². The molecule has 0 amide bonds. The Morgan fingerprint density at radius 2 is 1.09 bits per heavy atom. The molecule has 0 unspecified atom stereocenters. The zero-order chi connectivity index (χ0) is 34.9. The predicted octanol–water partition coefficient (Wildman–Crippen LogP) is 14.5. The topological polar surface area (TPSA) is 29.3 Å². The van der Waals surface area contributed by atoms with Gasteiger partial charge in [0.1, 0.15) is 5.52 Å². The van der Waals surface area contributed by atoms with Gasteiger partial charge in [-0.2, -0.15) is 0 Å². The first-order valence-corrected chi connectivity index (χ1v) is 18.7. The minimum atomic E-state index is 0.631. The molecule has 0 aliphatic carbocycles. The molecule has 0 saturated heterocycles. The first-order valence-electron chi connectivity index (χ1n) is 17.9. The largest absolute Gasteiger partial charge is 0.435 e. The van der Waals surface area contributed by atoms with E-state index in [1.807, 2.05) is 41.7 Å². The lowest BCUT2D eigenvalue weighted by Crippen LogP contribution is -2.10. The van der Waals surface area contributed by atoms with Crippen LogP contribution >= 0.6 is 11.3 Å². The molecule has 0 N–H and O–H groups in total. The smallest absolute Gasteiger partial charge is 0.227 e. The summed E-state index contributed by atoms with van der Waals surface area (Å²) in [7, 11) is 0. The van der Waals surface area contributed by atoms with E-state index in [-0.39, 0.29) is 0 Å². The van der Waals surface area contributed by atoms with Crippen LogP contribution in [-0.4, -0.2) is 4.98 Å². The van der Waals surface area contributed by atoms with Crippen molar-refractivity contribution in [2.24, 2.45) is 0 Å². The van der Waals surface area contributed by atoms with E-state index in [0.29, 0.717) is 5.89 Å². The molecular weight excluding hydrogens is 665 g/mol. The first-order chi connectivity index (χ1) is 26.3. The summed E-state index contributed by atoms with van der Waals surface area (Å²) in [6.07, 6.45) is 0.